The predicted octanol–water partition coefficient (Wildman–Crippen LogP) is 3.59. The minimum Gasteiger partial charge on any atom is -0.482 e. The van der Waals surface area contributed by atoms with Gasteiger partial charge in [-0.15, -0.1) is 0 Å². The molecule has 3 rings (SSSR count). The molecule has 0 spiro atoms. The van der Waals surface area contributed by atoms with Crippen LogP contribution >= 0.6 is 0 Å². The third kappa shape index (κ3) is 4.67. The number of rotatable bonds is 5. The zero-order valence-corrected chi connectivity index (χ0v) is 16.0. The molecule has 1 aliphatic rings. The molecule has 1 unspecified atom stereocenters. The van der Waals surface area contributed by atoms with Crippen molar-refractivity contribution < 1.29 is 19.1 Å². The Balaban J connectivity index is 1.57. The number of nitrogens with zero attached hydrogens (tertiary/aromatic N) is 1. The number of hydrogen-bond donors (Lipinski definition) is 0. The Labute approximate surface area is 159 Å². The highest BCUT2D eigenvalue weighted by Gasteiger charge is 2.28. The van der Waals surface area contributed by atoms with E-state index in [-0.39, 0.29) is 12.5 Å². The Bertz CT molecular complexity index is 826. The van der Waals surface area contributed by atoms with Gasteiger partial charge in [-0.25, -0.2) is 4.79 Å². The number of aryl methyl sites for hydroxylation is 3. The Morgan fingerprint density at radius 2 is 1.81 bits per heavy atom. The van der Waals surface area contributed by atoms with E-state index in [1.54, 1.807) is 11.8 Å². The highest BCUT2D eigenvalue weighted by atomic mass is 16.6. The van der Waals surface area contributed by atoms with E-state index in [0.717, 1.165) is 35.2 Å². The van der Waals surface area contributed by atoms with Gasteiger partial charge in [0.2, 0.25) is 0 Å². The fourth-order valence-electron chi connectivity index (χ4n) is 3.42. The van der Waals surface area contributed by atoms with Crippen molar-refractivity contribution in [1.29, 1.82) is 0 Å². The van der Waals surface area contributed by atoms with Crippen molar-refractivity contribution in [1.82, 2.24) is 0 Å². The van der Waals surface area contributed by atoms with Gasteiger partial charge in [0.1, 0.15) is 5.75 Å². The first-order valence-corrected chi connectivity index (χ1v) is 9.24. The van der Waals surface area contributed by atoms with E-state index in [4.69, 9.17) is 9.47 Å². The van der Waals surface area contributed by atoms with Crippen molar-refractivity contribution >= 4 is 17.6 Å². The minimum atomic E-state index is -0.855. The van der Waals surface area contributed by atoms with Crippen molar-refractivity contribution in [3.8, 4) is 5.75 Å². The maximum absolute atomic E-state index is 12.8. The number of fused-ring (bicyclic) bond motifs is 1. The Morgan fingerprint density at radius 1 is 1.11 bits per heavy atom. The first-order valence-electron chi connectivity index (χ1n) is 9.24. The molecule has 0 N–H and O–H groups in total. The molecule has 142 valence electrons. The second kappa shape index (κ2) is 8.25. The monoisotopic (exact) mass is 367 g/mol. The standard InChI is InChI=1S/C22H25NO4/c1-15-11-16(2)13-19(12-15)26-14-21(24)27-17(3)22(25)23-10-6-8-18-7-4-5-9-20(18)23/h4-5,7,9,11-13,17H,6,8,10,14H2,1-3H3. The van der Waals surface area contributed by atoms with Gasteiger partial charge >= 0.3 is 5.97 Å². The number of carbonyl (C=O) groups is 2. The van der Waals surface area contributed by atoms with Crippen LogP contribution in [-0.2, 0) is 20.7 Å². The highest BCUT2D eigenvalue weighted by Crippen LogP contribution is 2.27. The van der Waals surface area contributed by atoms with E-state index >= 15 is 0 Å². The van der Waals surface area contributed by atoms with E-state index in [9.17, 15) is 9.59 Å². The predicted molar refractivity (Wildman–Crippen MR) is 104 cm³/mol. The van der Waals surface area contributed by atoms with Crippen LogP contribution in [0.4, 0.5) is 5.69 Å². The first-order chi connectivity index (χ1) is 12.9. The van der Waals surface area contributed by atoms with Crippen LogP contribution < -0.4 is 9.64 Å². The zero-order valence-electron chi connectivity index (χ0n) is 16.0. The summed E-state index contributed by atoms with van der Waals surface area (Å²) in [5, 5.41) is 0. The number of para-hydroxylation sites is 1. The molecule has 0 radical (unpaired) electrons. The summed E-state index contributed by atoms with van der Waals surface area (Å²) >= 11 is 0. The van der Waals surface area contributed by atoms with Gasteiger partial charge in [0.15, 0.2) is 12.7 Å². The molecule has 27 heavy (non-hydrogen) atoms. The summed E-state index contributed by atoms with van der Waals surface area (Å²) in [5.74, 6) is -0.143. The molecule has 5 nitrogen and oxygen atoms in total. The maximum atomic E-state index is 12.8. The lowest BCUT2D eigenvalue weighted by Gasteiger charge is -2.31. The molecule has 0 saturated carbocycles. The number of amides is 1. The molecule has 0 saturated heterocycles. The van der Waals surface area contributed by atoms with E-state index in [1.807, 2.05) is 56.3 Å². The second-order valence-corrected chi connectivity index (χ2v) is 6.97. The van der Waals surface area contributed by atoms with Gasteiger partial charge in [0.25, 0.3) is 5.91 Å². The fourth-order valence-corrected chi connectivity index (χ4v) is 3.42. The van der Waals surface area contributed by atoms with Crippen LogP contribution in [-0.4, -0.2) is 31.1 Å². The molecule has 2 aromatic rings. The second-order valence-electron chi connectivity index (χ2n) is 6.97. The van der Waals surface area contributed by atoms with Gasteiger partial charge in [0, 0.05) is 12.2 Å². The summed E-state index contributed by atoms with van der Waals surface area (Å²) in [4.78, 5) is 26.6. The summed E-state index contributed by atoms with van der Waals surface area (Å²) < 4.78 is 10.8. The Morgan fingerprint density at radius 3 is 2.56 bits per heavy atom. The van der Waals surface area contributed by atoms with E-state index < -0.39 is 12.1 Å². The Kier molecular flexibility index (Phi) is 5.79. The summed E-state index contributed by atoms with van der Waals surface area (Å²) in [6.07, 6.45) is 1.00. The molecule has 0 fully saturated rings. The van der Waals surface area contributed by atoms with Crippen LogP contribution in [0.3, 0.4) is 0 Å². The van der Waals surface area contributed by atoms with Crippen molar-refractivity contribution in [2.24, 2.45) is 0 Å². The van der Waals surface area contributed by atoms with Crippen LogP contribution in [0.25, 0.3) is 0 Å². The highest BCUT2D eigenvalue weighted by molar-refractivity contribution is 5.98. The van der Waals surface area contributed by atoms with E-state index in [1.165, 1.54) is 0 Å². The third-order valence-electron chi connectivity index (χ3n) is 4.58. The molecule has 1 atom stereocenters. The molecular formula is C22H25NO4. The Hall–Kier alpha value is -2.82. The number of carbonyl (C=O) groups excluding carboxylic acids is 2. The van der Waals surface area contributed by atoms with Gasteiger partial charge < -0.3 is 14.4 Å². The molecule has 0 aromatic heterocycles. The molecule has 0 aliphatic carbocycles. The normalized spacial score (nSPS) is 14.3. The number of anilines is 1. The molecule has 0 bridgehead atoms. The van der Waals surface area contributed by atoms with Crippen LogP contribution in [0.2, 0.25) is 0 Å². The zero-order chi connectivity index (χ0) is 19.4. The number of ether oxygens (including phenoxy) is 2. The third-order valence-corrected chi connectivity index (χ3v) is 4.58. The smallest absolute Gasteiger partial charge is 0.344 e. The number of benzene rings is 2. The SMILES string of the molecule is Cc1cc(C)cc(OCC(=O)OC(C)C(=O)N2CCCc3ccccc32)c1. The summed E-state index contributed by atoms with van der Waals surface area (Å²) in [6, 6.07) is 13.6. The van der Waals surface area contributed by atoms with Crippen LogP contribution in [0.15, 0.2) is 42.5 Å². The van der Waals surface area contributed by atoms with Gasteiger partial charge in [-0.1, -0.05) is 24.3 Å². The first kappa shape index (κ1) is 19.0. The molecular weight excluding hydrogens is 342 g/mol. The summed E-state index contributed by atoms with van der Waals surface area (Å²) in [6.45, 7) is 5.95. The minimum absolute atomic E-state index is 0.207. The average molecular weight is 367 g/mol. The lowest BCUT2D eigenvalue weighted by molar-refractivity contribution is -0.155. The van der Waals surface area contributed by atoms with E-state index in [2.05, 4.69) is 0 Å². The summed E-state index contributed by atoms with van der Waals surface area (Å²) in [7, 11) is 0. The maximum Gasteiger partial charge on any atom is 0.344 e. The lowest BCUT2D eigenvalue weighted by atomic mass is 10.0. The average Bonchev–Trinajstić information content (AvgIpc) is 2.64. The fraction of sp³-hybridized carbons (Fsp3) is 0.364. The molecule has 1 amide bonds. The topological polar surface area (TPSA) is 55.8 Å². The van der Waals surface area contributed by atoms with Crippen molar-refractivity contribution in [3.05, 3.63) is 59.2 Å². The number of esters is 1. The number of hydrogen-bond acceptors (Lipinski definition) is 4. The lowest BCUT2D eigenvalue weighted by Crippen LogP contribution is -2.43. The van der Waals surface area contributed by atoms with Crippen LogP contribution in [0, 0.1) is 13.8 Å². The quantitative estimate of drug-likeness (QED) is 0.758. The van der Waals surface area contributed by atoms with Gasteiger partial charge in [-0.3, -0.25) is 4.79 Å². The molecule has 5 heteroatoms. The van der Waals surface area contributed by atoms with Crippen LogP contribution in [0.5, 0.6) is 5.75 Å². The molecule has 2 aromatic carbocycles. The van der Waals surface area contributed by atoms with Crippen LogP contribution in [0.1, 0.15) is 30.0 Å². The van der Waals surface area contributed by atoms with Gasteiger partial charge in [-0.05, 0) is 68.5 Å². The van der Waals surface area contributed by atoms with Gasteiger partial charge in [-0.2, -0.15) is 0 Å². The molecule has 1 heterocycles. The largest absolute Gasteiger partial charge is 0.482 e. The van der Waals surface area contributed by atoms with Crippen molar-refractivity contribution in [3.63, 3.8) is 0 Å². The van der Waals surface area contributed by atoms with Crippen molar-refractivity contribution in [2.45, 2.75) is 39.7 Å². The van der Waals surface area contributed by atoms with Gasteiger partial charge in [0.05, 0.1) is 0 Å². The molecule has 1 aliphatic heterocycles. The summed E-state index contributed by atoms with van der Waals surface area (Å²) in [5.41, 5.74) is 4.17. The van der Waals surface area contributed by atoms with E-state index in [0.29, 0.717) is 12.3 Å². The van der Waals surface area contributed by atoms with Crippen molar-refractivity contribution in [2.75, 3.05) is 18.1 Å².